The molecule has 3 aliphatic rings. The monoisotopic (exact) mass is 662 g/mol. The van der Waals surface area contributed by atoms with Crippen LogP contribution in [-0.2, 0) is 19.1 Å². The van der Waals surface area contributed by atoms with Gasteiger partial charge in [-0.2, -0.15) is 0 Å². The molecule has 230 valence electrons. The van der Waals surface area contributed by atoms with Crippen molar-refractivity contribution in [2.45, 2.75) is 72.2 Å². The molecule has 1 N–H and O–H groups in total. The molecule has 3 heterocycles. The van der Waals surface area contributed by atoms with E-state index in [9.17, 15) is 19.5 Å². The maximum atomic E-state index is 14.6. The summed E-state index contributed by atoms with van der Waals surface area (Å²) in [5.41, 5.74) is 0.694. The highest BCUT2D eigenvalue weighted by molar-refractivity contribution is 9.09. The van der Waals surface area contributed by atoms with Gasteiger partial charge in [0.1, 0.15) is 11.8 Å². The highest BCUT2D eigenvalue weighted by Crippen LogP contribution is 2.68. The van der Waals surface area contributed by atoms with Crippen LogP contribution in [0.25, 0.3) is 0 Å². The Kier molecular flexibility index (Phi) is 11.6. The molecular formula is C32H43BrN2O6S. The molecule has 6 atom stereocenters. The Morgan fingerprint density at radius 2 is 1.88 bits per heavy atom. The van der Waals surface area contributed by atoms with Gasteiger partial charge in [0.2, 0.25) is 5.91 Å². The number of allylic oxidation sites excluding steroid dienone is 1. The number of carbonyl (C=O) groups excluding carboxylic acids is 3. The second-order valence-electron chi connectivity index (χ2n) is 11.2. The third-order valence-electron chi connectivity index (χ3n) is 8.61. The third kappa shape index (κ3) is 6.45. The first-order chi connectivity index (χ1) is 20.3. The lowest BCUT2D eigenvalue weighted by Gasteiger charge is -2.38. The summed E-state index contributed by atoms with van der Waals surface area (Å²) in [4.78, 5) is 45.9. The number of benzene rings is 1. The fraction of sp³-hybridized carbons (Fsp3) is 0.594. The van der Waals surface area contributed by atoms with Gasteiger partial charge in [-0.3, -0.25) is 14.4 Å². The maximum absolute atomic E-state index is 14.6. The van der Waals surface area contributed by atoms with E-state index in [2.05, 4.69) is 29.1 Å². The van der Waals surface area contributed by atoms with Crippen molar-refractivity contribution in [1.82, 2.24) is 4.90 Å². The number of rotatable bonds is 17. The summed E-state index contributed by atoms with van der Waals surface area (Å²) in [7, 11) is 1.59. The molecule has 1 aromatic carbocycles. The lowest BCUT2D eigenvalue weighted by atomic mass is 9.71. The number of alkyl halides is 1. The molecule has 3 aliphatic heterocycles. The predicted octanol–water partition coefficient (Wildman–Crippen LogP) is 5.13. The summed E-state index contributed by atoms with van der Waals surface area (Å²) in [6.07, 6.45) is 9.74. The summed E-state index contributed by atoms with van der Waals surface area (Å²) < 4.78 is 10.3. The SMILES string of the molecule is C=CCCCCOC(=O)[C@H]1[C@@H]2SC3(CC2Br)C(C(=O)N(CC=C)c2ccc(OC)cc2)N(CCCCCCO)C(=O)[C@H]13. The predicted molar refractivity (Wildman–Crippen MR) is 170 cm³/mol. The average Bonchev–Trinajstić information content (AvgIpc) is 3.58. The first kappa shape index (κ1) is 32.6. The number of unbranched alkanes of at least 4 members (excludes halogenated alkanes) is 5. The van der Waals surface area contributed by atoms with Crippen LogP contribution in [-0.4, -0.2) is 82.1 Å². The van der Waals surface area contributed by atoms with E-state index in [1.807, 2.05) is 30.3 Å². The van der Waals surface area contributed by atoms with Crippen molar-refractivity contribution in [3.05, 3.63) is 49.6 Å². The Labute approximate surface area is 262 Å². The van der Waals surface area contributed by atoms with E-state index in [-0.39, 0.29) is 41.0 Å². The van der Waals surface area contributed by atoms with Gasteiger partial charge in [0.05, 0.1) is 30.3 Å². The summed E-state index contributed by atoms with van der Waals surface area (Å²) in [5.74, 6) is -1.19. The molecular weight excluding hydrogens is 620 g/mol. The van der Waals surface area contributed by atoms with Gasteiger partial charge < -0.3 is 24.4 Å². The van der Waals surface area contributed by atoms with Crippen molar-refractivity contribution in [1.29, 1.82) is 0 Å². The Balaban J connectivity index is 1.65. The molecule has 0 aliphatic carbocycles. The zero-order valence-electron chi connectivity index (χ0n) is 24.4. The minimum Gasteiger partial charge on any atom is -0.497 e. The minimum atomic E-state index is -0.740. The normalized spacial score (nSPS) is 27.5. The van der Waals surface area contributed by atoms with Gasteiger partial charge in [0.25, 0.3) is 5.91 Å². The second kappa shape index (κ2) is 14.9. The number of hydrogen-bond acceptors (Lipinski definition) is 7. The smallest absolute Gasteiger partial charge is 0.310 e. The number of likely N-dealkylation sites (tertiary alicyclic amines) is 1. The first-order valence-electron chi connectivity index (χ1n) is 14.9. The standard InChI is InChI=1S/C32H43BrN2O6S/c1-4-6-7-12-20-41-31(39)25-26-29(37)35(18-10-8-9-11-19-36)28(32(26)21-24(33)27(25)42-32)30(38)34(17-5-2)22-13-15-23(40-3)16-14-22/h4-5,13-16,24-28,36H,1-2,6-12,17-21H2,3H3/t24?,25-,26+,27-,28?,32?/m1/s1. The summed E-state index contributed by atoms with van der Waals surface area (Å²) in [5, 5.41) is 9.05. The number of halogens is 1. The van der Waals surface area contributed by atoms with Crippen LogP contribution < -0.4 is 9.64 Å². The molecule has 1 aromatic rings. The fourth-order valence-corrected chi connectivity index (χ4v) is 10.3. The van der Waals surface area contributed by atoms with Crippen LogP contribution in [0.1, 0.15) is 51.4 Å². The molecule has 10 heteroatoms. The van der Waals surface area contributed by atoms with Gasteiger partial charge in [0.15, 0.2) is 0 Å². The molecule has 3 fully saturated rings. The van der Waals surface area contributed by atoms with E-state index in [1.54, 1.807) is 34.7 Å². The number of ether oxygens (including phenoxy) is 2. The van der Waals surface area contributed by atoms with Crippen molar-refractivity contribution in [2.24, 2.45) is 11.8 Å². The molecule has 0 radical (unpaired) electrons. The number of thioether (sulfide) groups is 1. The number of nitrogens with zero attached hydrogens (tertiary/aromatic N) is 2. The molecule has 0 saturated carbocycles. The van der Waals surface area contributed by atoms with Gasteiger partial charge in [-0.05, 0) is 62.8 Å². The van der Waals surface area contributed by atoms with E-state index in [0.29, 0.717) is 43.9 Å². The van der Waals surface area contributed by atoms with Gasteiger partial charge in [-0.25, -0.2) is 0 Å². The lowest BCUT2D eigenvalue weighted by Crippen LogP contribution is -2.55. The zero-order chi connectivity index (χ0) is 30.3. The third-order valence-corrected chi connectivity index (χ3v) is 11.8. The highest BCUT2D eigenvalue weighted by Gasteiger charge is 2.76. The number of carbonyl (C=O) groups is 3. The zero-order valence-corrected chi connectivity index (χ0v) is 26.8. The Morgan fingerprint density at radius 3 is 2.55 bits per heavy atom. The van der Waals surface area contributed by atoms with Gasteiger partial charge in [0, 0.05) is 35.5 Å². The Bertz CT molecular complexity index is 1130. The van der Waals surface area contributed by atoms with Crippen LogP contribution >= 0.6 is 27.7 Å². The number of fused-ring (bicyclic) bond motifs is 1. The molecule has 0 aromatic heterocycles. The van der Waals surface area contributed by atoms with Crippen LogP contribution in [0.4, 0.5) is 5.69 Å². The molecule has 3 saturated heterocycles. The van der Waals surface area contributed by atoms with E-state index in [4.69, 9.17) is 9.47 Å². The van der Waals surface area contributed by atoms with Crippen molar-refractivity contribution in [3.63, 3.8) is 0 Å². The van der Waals surface area contributed by atoms with Crippen molar-refractivity contribution >= 4 is 51.2 Å². The number of anilines is 1. The second-order valence-corrected chi connectivity index (χ2v) is 13.9. The first-order valence-corrected chi connectivity index (χ1v) is 16.7. The number of methoxy groups -OCH3 is 1. The molecule has 2 amide bonds. The van der Waals surface area contributed by atoms with Gasteiger partial charge in [-0.1, -0.05) is 40.9 Å². The highest BCUT2D eigenvalue weighted by atomic mass is 79.9. The fourth-order valence-electron chi connectivity index (χ4n) is 6.69. The van der Waals surface area contributed by atoms with Crippen LogP contribution in [0.2, 0.25) is 0 Å². The van der Waals surface area contributed by atoms with Crippen LogP contribution in [0.3, 0.4) is 0 Å². The van der Waals surface area contributed by atoms with E-state index in [1.165, 1.54) is 0 Å². The lowest BCUT2D eigenvalue weighted by molar-refractivity contribution is -0.154. The quantitative estimate of drug-likeness (QED) is 0.107. The summed E-state index contributed by atoms with van der Waals surface area (Å²) in [6, 6.07) is 6.57. The van der Waals surface area contributed by atoms with E-state index < -0.39 is 22.6 Å². The molecule has 8 nitrogen and oxygen atoms in total. The topological polar surface area (TPSA) is 96.4 Å². The van der Waals surface area contributed by atoms with Crippen molar-refractivity contribution in [3.8, 4) is 5.75 Å². The molecule has 1 spiro atoms. The van der Waals surface area contributed by atoms with Crippen molar-refractivity contribution < 1.29 is 29.0 Å². The van der Waals surface area contributed by atoms with Gasteiger partial charge >= 0.3 is 5.97 Å². The van der Waals surface area contributed by atoms with E-state index in [0.717, 1.165) is 32.1 Å². The van der Waals surface area contributed by atoms with Crippen molar-refractivity contribution in [2.75, 3.05) is 38.3 Å². The van der Waals surface area contributed by atoms with Crippen LogP contribution in [0.5, 0.6) is 5.75 Å². The number of amides is 2. The average molecular weight is 664 g/mol. The molecule has 3 unspecified atom stereocenters. The van der Waals surface area contributed by atoms with E-state index >= 15 is 0 Å². The number of aliphatic hydroxyl groups excluding tert-OH is 1. The Hall–Kier alpha value is -2.30. The summed E-state index contributed by atoms with van der Waals surface area (Å²) in [6.45, 7) is 8.77. The summed E-state index contributed by atoms with van der Waals surface area (Å²) >= 11 is 5.44. The minimum absolute atomic E-state index is 0.0153. The largest absolute Gasteiger partial charge is 0.497 e. The number of aliphatic hydroxyl groups is 1. The Morgan fingerprint density at radius 1 is 1.14 bits per heavy atom. The van der Waals surface area contributed by atoms with Crippen LogP contribution in [0.15, 0.2) is 49.6 Å². The molecule has 4 rings (SSSR count). The molecule has 2 bridgehead atoms. The molecule has 42 heavy (non-hydrogen) atoms. The number of hydrogen-bond donors (Lipinski definition) is 1. The number of esters is 1. The van der Waals surface area contributed by atoms with Crippen LogP contribution in [0, 0.1) is 11.8 Å². The van der Waals surface area contributed by atoms with Gasteiger partial charge in [-0.15, -0.1) is 24.9 Å². The maximum Gasteiger partial charge on any atom is 0.310 e.